The van der Waals surface area contributed by atoms with Crippen LogP contribution in [0.1, 0.15) is 142 Å². The second-order valence-electron chi connectivity index (χ2n) is 14.6. The van der Waals surface area contributed by atoms with Gasteiger partial charge in [-0.15, -0.1) is 0 Å². The number of phosphoric acid groups is 1. The molecule has 352 valence electrons. The molecular weight excluding hydrogens is 810 g/mol. The molecule has 0 saturated heterocycles. The lowest BCUT2D eigenvalue weighted by Gasteiger charge is -2.15. The molecule has 0 aliphatic heterocycles. The topological polar surface area (TPSA) is 131 Å². The Morgan fingerprint density at radius 2 is 0.889 bits per heavy atom. The maximum Gasteiger partial charge on any atom is 0.472 e. The zero-order chi connectivity index (χ0) is 46.0. The first-order chi connectivity index (χ1) is 30.8. The van der Waals surface area contributed by atoms with E-state index in [1.54, 1.807) is 6.08 Å². The maximum atomic E-state index is 12.1. The summed E-state index contributed by atoms with van der Waals surface area (Å²) in [6.45, 7) is 3.14. The number of aliphatic hydroxyl groups excluding tert-OH is 1. The molecule has 10 heteroatoms. The number of unbranched alkanes of at least 4 members (excludes halogenated alkanes) is 5. The van der Waals surface area contributed by atoms with E-state index < -0.39 is 26.5 Å². The van der Waals surface area contributed by atoms with E-state index in [9.17, 15) is 24.2 Å². The van der Waals surface area contributed by atoms with Crippen LogP contribution in [-0.2, 0) is 27.9 Å². The van der Waals surface area contributed by atoms with Crippen molar-refractivity contribution < 1.29 is 37.9 Å². The van der Waals surface area contributed by atoms with Gasteiger partial charge >= 0.3 is 13.8 Å². The lowest BCUT2D eigenvalue weighted by molar-refractivity contribution is -0.147. The minimum atomic E-state index is -4.46. The van der Waals surface area contributed by atoms with Gasteiger partial charge in [-0.3, -0.25) is 18.6 Å². The van der Waals surface area contributed by atoms with Crippen molar-refractivity contribution in [2.24, 2.45) is 0 Å². The molecule has 3 N–H and O–H groups in total. The van der Waals surface area contributed by atoms with Gasteiger partial charge in [-0.25, -0.2) is 4.57 Å². The van der Waals surface area contributed by atoms with Gasteiger partial charge in [0.1, 0.15) is 12.7 Å². The van der Waals surface area contributed by atoms with E-state index in [1.807, 2.05) is 12.2 Å². The fraction of sp³-hybridized carbons (Fsp3) is 0.509. The number of carbonyl (C=O) groups is 2. The first-order valence-electron chi connectivity index (χ1n) is 23.3. The molecule has 63 heavy (non-hydrogen) atoms. The van der Waals surface area contributed by atoms with Crippen molar-refractivity contribution in [3.63, 3.8) is 0 Å². The Bertz CT molecular complexity index is 1530. The van der Waals surface area contributed by atoms with Gasteiger partial charge < -0.3 is 20.1 Å². The summed E-state index contributed by atoms with van der Waals surface area (Å²) in [5.74, 6) is -0.684. The fourth-order valence-electron chi connectivity index (χ4n) is 5.36. The highest BCUT2D eigenvalue weighted by atomic mass is 31.2. The molecule has 9 nitrogen and oxygen atoms in total. The highest BCUT2D eigenvalue weighted by molar-refractivity contribution is 7.47. The molecule has 2 atom stereocenters. The van der Waals surface area contributed by atoms with Crippen LogP contribution < -0.4 is 5.32 Å². The molecule has 0 aromatic carbocycles. The molecule has 0 heterocycles. The molecule has 0 fully saturated rings. The highest BCUT2D eigenvalue weighted by Gasteiger charge is 2.23. The number of nitrogens with one attached hydrogen (secondary N) is 1. The summed E-state index contributed by atoms with van der Waals surface area (Å²) >= 11 is 0. The number of hydrogen-bond donors (Lipinski definition) is 3. The zero-order valence-corrected chi connectivity index (χ0v) is 39.6. The predicted molar refractivity (Wildman–Crippen MR) is 265 cm³/mol. The molecule has 2 unspecified atom stereocenters. The largest absolute Gasteiger partial charge is 0.472 e. The van der Waals surface area contributed by atoms with Crippen molar-refractivity contribution in [3.8, 4) is 0 Å². The molecule has 0 bridgehead atoms. The van der Waals surface area contributed by atoms with Crippen molar-refractivity contribution in [1.29, 1.82) is 0 Å². The Morgan fingerprint density at radius 3 is 1.33 bits per heavy atom. The van der Waals surface area contributed by atoms with Gasteiger partial charge in [0.05, 0.1) is 13.2 Å². The van der Waals surface area contributed by atoms with E-state index in [0.29, 0.717) is 12.8 Å². The number of phosphoric ester groups is 1. The minimum absolute atomic E-state index is 0.0121. The van der Waals surface area contributed by atoms with Gasteiger partial charge in [-0.1, -0.05) is 179 Å². The minimum Gasteiger partial charge on any atom is -0.463 e. The van der Waals surface area contributed by atoms with Crippen molar-refractivity contribution in [3.05, 3.63) is 146 Å². The van der Waals surface area contributed by atoms with Crippen LogP contribution in [0.2, 0.25) is 0 Å². The number of esters is 1. The number of ether oxygens (including phenoxy) is 1. The zero-order valence-electron chi connectivity index (χ0n) is 38.7. The summed E-state index contributed by atoms with van der Waals surface area (Å²) in [4.78, 5) is 33.9. The molecule has 0 aromatic rings. The Labute approximate surface area is 382 Å². The predicted octanol–water partition coefficient (Wildman–Crippen LogP) is 13.7. The summed E-state index contributed by atoms with van der Waals surface area (Å²) in [7, 11) is -4.46. The Kier molecular flexibility index (Phi) is 44.3. The van der Waals surface area contributed by atoms with Gasteiger partial charge in [0.2, 0.25) is 5.91 Å². The van der Waals surface area contributed by atoms with Crippen LogP contribution in [0, 0.1) is 0 Å². The normalized spacial score (nSPS) is 14.5. The summed E-state index contributed by atoms with van der Waals surface area (Å²) in [6.07, 6.45) is 68.0. The van der Waals surface area contributed by atoms with E-state index in [-0.39, 0.29) is 38.5 Å². The molecule has 0 radical (unpaired) electrons. The maximum absolute atomic E-state index is 12.1. The van der Waals surface area contributed by atoms with E-state index in [0.717, 1.165) is 103 Å². The molecule has 0 aromatic heterocycles. The third-order valence-electron chi connectivity index (χ3n) is 8.79. The number of aliphatic hydroxyl groups is 1. The lowest BCUT2D eigenvalue weighted by Crippen LogP contribution is -2.26. The van der Waals surface area contributed by atoms with Crippen molar-refractivity contribution >= 4 is 19.7 Å². The van der Waals surface area contributed by atoms with Gasteiger partial charge in [0.25, 0.3) is 0 Å². The van der Waals surface area contributed by atoms with Crippen molar-refractivity contribution in [2.45, 2.75) is 148 Å². The first-order valence-corrected chi connectivity index (χ1v) is 24.8. The molecular formula is C53H82NO8P. The van der Waals surface area contributed by atoms with Gasteiger partial charge in [0, 0.05) is 19.4 Å². The van der Waals surface area contributed by atoms with Crippen LogP contribution in [0.3, 0.4) is 0 Å². The number of allylic oxidation sites excluding steroid dienone is 23. The van der Waals surface area contributed by atoms with Crippen molar-refractivity contribution in [1.82, 2.24) is 5.32 Å². The van der Waals surface area contributed by atoms with Crippen LogP contribution in [0.5, 0.6) is 0 Å². The lowest BCUT2D eigenvalue weighted by atomic mass is 10.1. The first kappa shape index (κ1) is 58.9. The number of amides is 1. The average Bonchev–Trinajstić information content (AvgIpc) is 3.27. The molecule has 0 saturated carbocycles. The van der Waals surface area contributed by atoms with E-state index >= 15 is 0 Å². The standard InChI is InChI=1S/C53H82NO8P/c1-3-5-7-9-11-13-15-17-19-21-23-25-27-29-31-33-35-37-39-41-43-45-52(56)54-47-48-61-63(58,59)62-50-51(55)49-60-53(57)46-44-42-40-38-36-34-32-30-28-26-24-22-20-18-16-14-12-10-8-6-4-2/h5-8,11-14,17-20,23-26,29-32,35,37,41,43,51,55H,3-4,9-10,15-16,21-22,27-28,33-34,36,38-40,42,44-50H2,1-2H3,(H,54,56)(H,58,59)/b7-5-,8-6-,13-11-,14-12-,19-17-,20-18-,25-23-,26-24-,31-29-,32-30-,37-35-,43-41-. The van der Waals surface area contributed by atoms with Gasteiger partial charge in [-0.05, 0) is 96.3 Å². The van der Waals surface area contributed by atoms with Crippen molar-refractivity contribution in [2.75, 3.05) is 26.4 Å². The average molecular weight is 892 g/mol. The smallest absolute Gasteiger partial charge is 0.463 e. The Morgan fingerprint density at radius 1 is 0.508 bits per heavy atom. The molecule has 0 aliphatic rings. The monoisotopic (exact) mass is 892 g/mol. The molecule has 0 rings (SSSR count). The van der Waals surface area contributed by atoms with Gasteiger partial charge in [-0.2, -0.15) is 0 Å². The Balaban J connectivity index is 3.78. The van der Waals surface area contributed by atoms with Crippen LogP contribution in [-0.4, -0.2) is 54.3 Å². The second-order valence-corrected chi connectivity index (χ2v) is 16.1. The summed E-state index contributed by atoms with van der Waals surface area (Å²) in [5.41, 5.74) is 0. The number of carbonyl (C=O) groups excluding carboxylic acids is 2. The summed E-state index contributed by atoms with van der Waals surface area (Å²) in [6, 6.07) is 0. The van der Waals surface area contributed by atoms with E-state index in [1.165, 1.54) is 0 Å². The number of hydrogen-bond acceptors (Lipinski definition) is 7. The van der Waals surface area contributed by atoms with Crippen LogP contribution in [0.15, 0.2) is 146 Å². The molecule has 0 aliphatic carbocycles. The summed E-state index contributed by atoms with van der Waals surface area (Å²) < 4.78 is 26.9. The van der Waals surface area contributed by atoms with E-state index in [4.69, 9.17) is 13.8 Å². The van der Waals surface area contributed by atoms with Crippen LogP contribution >= 0.6 is 7.82 Å². The summed E-state index contributed by atoms with van der Waals surface area (Å²) in [5, 5.41) is 12.6. The fourth-order valence-corrected chi connectivity index (χ4v) is 6.12. The number of rotatable bonds is 41. The molecule has 0 spiro atoms. The van der Waals surface area contributed by atoms with Crippen LogP contribution in [0.25, 0.3) is 0 Å². The highest BCUT2D eigenvalue weighted by Crippen LogP contribution is 2.42. The van der Waals surface area contributed by atoms with E-state index in [2.05, 4.69) is 147 Å². The van der Waals surface area contributed by atoms with Gasteiger partial charge in [0.15, 0.2) is 0 Å². The quantitative estimate of drug-likeness (QED) is 0.0239. The third kappa shape index (κ3) is 48.8. The van der Waals surface area contributed by atoms with Crippen LogP contribution in [0.4, 0.5) is 0 Å². The SMILES string of the molecule is CC/C=C\C/C=C\C/C=C\C/C=C\C/C=C\C/C=C\C/C=C\CC(=O)NCCOP(=O)(O)OCC(O)COC(=O)CCCCCCC/C=C\C/C=C\C/C=C\C/C=C\C/C=C\CC. The Hall–Kier alpha value is -4.11. The third-order valence-corrected chi connectivity index (χ3v) is 9.78. The second kappa shape index (κ2) is 47.4. The molecule has 1 amide bonds.